The predicted octanol–water partition coefficient (Wildman–Crippen LogP) is 6.50. The number of halogens is 2. The molecule has 0 saturated heterocycles. The summed E-state index contributed by atoms with van der Waals surface area (Å²) in [5, 5.41) is 0.380. The third kappa shape index (κ3) is 4.42. The van der Waals surface area contributed by atoms with Crippen molar-refractivity contribution < 1.29 is 13.9 Å². The first kappa shape index (κ1) is 20.9. The zero-order valence-electron chi connectivity index (χ0n) is 17.3. The highest BCUT2D eigenvalue weighted by Crippen LogP contribution is 2.30. The molecule has 158 valence electrons. The molecule has 0 bridgehead atoms. The predicted molar refractivity (Wildman–Crippen MR) is 122 cm³/mol. The lowest BCUT2D eigenvalue weighted by atomic mass is 10.2. The van der Waals surface area contributed by atoms with Gasteiger partial charge in [0, 0.05) is 10.6 Å². The molecule has 3 aromatic carbocycles. The Morgan fingerprint density at radius 1 is 1.06 bits per heavy atom. The fraction of sp³-hybridized carbons (Fsp3) is 0.160. The molecule has 0 spiro atoms. The van der Waals surface area contributed by atoms with Gasteiger partial charge in [0.2, 0.25) is 0 Å². The number of aromatic nitrogens is 2. The summed E-state index contributed by atoms with van der Waals surface area (Å²) in [5.74, 6) is 1.56. The summed E-state index contributed by atoms with van der Waals surface area (Å²) in [5.41, 5.74) is 3.13. The van der Waals surface area contributed by atoms with Crippen LogP contribution in [0.1, 0.15) is 23.9 Å². The molecule has 0 aliphatic heterocycles. The number of para-hydroxylation sites is 2. The second kappa shape index (κ2) is 9.23. The molecule has 0 fully saturated rings. The van der Waals surface area contributed by atoms with E-state index in [0.29, 0.717) is 27.9 Å². The van der Waals surface area contributed by atoms with Gasteiger partial charge in [-0.3, -0.25) is 0 Å². The Bertz CT molecular complexity index is 1230. The average molecular weight is 437 g/mol. The maximum Gasteiger partial charge on any atom is 0.161 e. The minimum absolute atomic E-state index is 0.195. The van der Waals surface area contributed by atoms with E-state index in [1.54, 1.807) is 19.2 Å². The topological polar surface area (TPSA) is 36.3 Å². The summed E-state index contributed by atoms with van der Waals surface area (Å²) in [6, 6.07) is 18.2. The quantitative estimate of drug-likeness (QED) is 0.332. The molecular formula is C25H22ClFN2O2. The van der Waals surface area contributed by atoms with Crippen LogP contribution < -0.4 is 9.47 Å². The van der Waals surface area contributed by atoms with E-state index in [0.717, 1.165) is 16.6 Å². The molecule has 0 atom stereocenters. The van der Waals surface area contributed by atoms with Gasteiger partial charge in [0.1, 0.15) is 18.2 Å². The van der Waals surface area contributed by atoms with Crippen molar-refractivity contribution in [2.24, 2.45) is 0 Å². The standard InChI is InChI=1S/C25H22ClFN2O2/c1-3-7-17-12-13-23(24(14-17)30-2)31-16-25-28-21-10-4-5-11-22(21)29(25)15-18-19(26)8-6-9-20(18)27/h3-14H,15-16H2,1-2H3/b7-3-. The van der Waals surface area contributed by atoms with Gasteiger partial charge in [0.15, 0.2) is 11.5 Å². The van der Waals surface area contributed by atoms with E-state index >= 15 is 0 Å². The van der Waals surface area contributed by atoms with Gasteiger partial charge in [0.25, 0.3) is 0 Å². The Hall–Kier alpha value is -3.31. The first-order valence-electron chi connectivity index (χ1n) is 9.91. The third-order valence-electron chi connectivity index (χ3n) is 5.02. The van der Waals surface area contributed by atoms with E-state index in [9.17, 15) is 4.39 Å². The van der Waals surface area contributed by atoms with Crippen LogP contribution in [0.15, 0.2) is 66.7 Å². The van der Waals surface area contributed by atoms with E-state index in [1.807, 2.05) is 66.1 Å². The second-order valence-corrected chi connectivity index (χ2v) is 7.41. The Balaban J connectivity index is 1.68. The van der Waals surface area contributed by atoms with Crippen LogP contribution >= 0.6 is 11.6 Å². The number of fused-ring (bicyclic) bond motifs is 1. The van der Waals surface area contributed by atoms with Crippen LogP contribution in [0.4, 0.5) is 4.39 Å². The molecule has 6 heteroatoms. The number of hydrogen-bond acceptors (Lipinski definition) is 3. The van der Waals surface area contributed by atoms with Crippen LogP contribution in [0.2, 0.25) is 5.02 Å². The molecule has 0 radical (unpaired) electrons. The van der Waals surface area contributed by atoms with Gasteiger partial charge in [-0.2, -0.15) is 0 Å². The molecule has 0 amide bonds. The number of imidazole rings is 1. The summed E-state index contributed by atoms with van der Waals surface area (Å²) in [6.45, 7) is 2.41. The van der Waals surface area contributed by atoms with Crippen molar-refractivity contribution in [2.45, 2.75) is 20.1 Å². The number of methoxy groups -OCH3 is 1. The average Bonchev–Trinajstić information content (AvgIpc) is 3.13. The molecule has 0 unspecified atom stereocenters. The molecule has 4 nitrogen and oxygen atoms in total. The summed E-state index contributed by atoms with van der Waals surface area (Å²) >= 11 is 6.28. The molecule has 0 saturated carbocycles. The fourth-order valence-electron chi connectivity index (χ4n) is 3.50. The van der Waals surface area contributed by atoms with Crippen molar-refractivity contribution in [3.63, 3.8) is 0 Å². The number of hydrogen-bond donors (Lipinski definition) is 0. The van der Waals surface area contributed by atoms with Gasteiger partial charge in [-0.15, -0.1) is 0 Å². The molecule has 4 rings (SSSR count). The Morgan fingerprint density at radius 2 is 1.90 bits per heavy atom. The smallest absolute Gasteiger partial charge is 0.161 e. The Kier molecular flexibility index (Phi) is 6.23. The number of ether oxygens (including phenoxy) is 2. The second-order valence-electron chi connectivity index (χ2n) is 7.00. The van der Waals surface area contributed by atoms with Gasteiger partial charge in [-0.1, -0.05) is 48.0 Å². The first-order chi connectivity index (χ1) is 15.1. The van der Waals surface area contributed by atoms with Gasteiger partial charge in [0.05, 0.1) is 24.7 Å². The SMILES string of the molecule is C/C=C\c1ccc(OCc2nc3ccccc3n2Cc2c(F)cccc2Cl)c(OC)c1. The van der Waals surface area contributed by atoms with Crippen LogP contribution in [-0.2, 0) is 13.2 Å². The van der Waals surface area contributed by atoms with Crippen LogP contribution in [-0.4, -0.2) is 16.7 Å². The highest BCUT2D eigenvalue weighted by Gasteiger charge is 2.16. The van der Waals surface area contributed by atoms with Crippen molar-refractivity contribution >= 4 is 28.7 Å². The number of allylic oxidation sites excluding steroid dienone is 1. The van der Waals surface area contributed by atoms with Gasteiger partial charge in [-0.25, -0.2) is 9.37 Å². The van der Waals surface area contributed by atoms with E-state index in [4.69, 9.17) is 26.1 Å². The molecule has 1 aromatic heterocycles. The van der Waals surface area contributed by atoms with Crippen LogP contribution in [0.3, 0.4) is 0 Å². The molecule has 4 aromatic rings. The zero-order chi connectivity index (χ0) is 21.8. The van der Waals surface area contributed by atoms with Gasteiger partial charge >= 0.3 is 0 Å². The molecule has 0 aliphatic carbocycles. The van der Waals surface area contributed by atoms with Crippen molar-refractivity contribution in [3.8, 4) is 11.5 Å². The lowest BCUT2D eigenvalue weighted by Gasteiger charge is -2.14. The Morgan fingerprint density at radius 3 is 2.68 bits per heavy atom. The summed E-state index contributed by atoms with van der Waals surface area (Å²) in [7, 11) is 1.61. The number of rotatable bonds is 7. The van der Waals surface area contributed by atoms with Gasteiger partial charge in [-0.05, 0) is 48.9 Å². The fourth-order valence-corrected chi connectivity index (χ4v) is 3.72. The van der Waals surface area contributed by atoms with E-state index in [2.05, 4.69) is 0 Å². The lowest BCUT2D eigenvalue weighted by Crippen LogP contribution is -2.10. The summed E-state index contributed by atoms with van der Waals surface area (Å²) in [4.78, 5) is 4.71. The molecule has 1 heterocycles. The molecule has 31 heavy (non-hydrogen) atoms. The van der Waals surface area contributed by atoms with Crippen LogP contribution in [0.5, 0.6) is 11.5 Å². The van der Waals surface area contributed by atoms with E-state index < -0.39 is 0 Å². The largest absolute Gasteiger partial charge is 0.493 e. The summed E-state index contributed by atoms with van der Waals surface area (Å²) < 4.78 is 27.9. The maximum atomic E-state index is 14.5. The van der Waals surface area contributed by atoms with Crippen molar-refractivity contribution in [3.05, 3.63) is 94.5 Å². The monoisotopic (exact) mass is 436 g/mol. The normalized spacial score (nSPS) is 11.4. The van der Waals surface area contributed by atoms with Crippen LogP contribution in [0.25, 0.3) is 17.1 Å². The zero-order valence-corrected chi connectivity index (χ0v) is 18.1. The van der Waals surface area contributed by atoms with E-state index in [-0.39, 0.29) is 19.0 Å². The summed E-state index contributed by atoms with van der Waals surface area (Å²) in [6.07, 6.45) is 3.95. The maximum absolute atomic E-state index is 14.5. The first-order valence-corrected chi connectivity index (χ1v) is 10.3. The minimum Gasteiger partial charge on any atom is -0.493 e. The van der Waals surface area contributed by atoms with Crippen molar-refractivity contribution in [1.29, 1.82) is 0 Å². The van der Waals surface area contributed by atoms with Crippen molar-refractivity contribution in [1.82, 2.24) is 9.55 Å². The van der Waals surface area contributed by atoms with Crippen LogP contribution in [0, 0.1) is 5.82 Å². The van der Waals surface area contributed by atoms with E-state index in [1.165, 1.54) is 6.07 Å². The molecular weight excluding hydrogens is 415 g/mol. The third-order valence-corrected chi connectivity index (χ3v) is 5.37. The molecule has 0 N–H and O–H groups in total. The minimum atomic E-state index is -0.349. The highest BCUT2D eigenvalue weighted by atomic mass is 35.5. The van der Waals surface area contributed by atoms with Crippen molar-refractivity contribution in [2.75, 3.05) is 7.11 Å². The Labute approximate surface area is 185 Å². The number of benzene rings is 3. The number of nitrogens with zero attached hydrogens (tertiary/aromatic N) is 2. The van der Waals surface area contributed by atoms with Gasteiger partial charge < -0.3 is 14.0 Å². The lowest BCUT2D eigenvalue weighted by molar-refractivity contribution is 0.272. The molecule has 0 aliphatic rings. The highest BCUT2D eigenvalue weighted by molar-refractivity contribution is 6.31.